The van der Waals surface area contributed by atoms with Crippen molar-refractivity contribution in [2.45, 2.75) is 12.0 Å². The Labute approximate surface area is 101 Å². The zero-order chi connectivity index (χ0) is 11.7. The van der Waals surface area contributed by atoms with Crippen LogP contribution < -0.4 is 0 Å². The lowest BCUT2D eigenvalue weighted by atomic mass is 9.91. The van der Waals surface area contributed by atoms with Gasteiger partial charge >= 0.3 is 0 Å². The largest absolute Gasteiger partial charge is 0.251 e. The average molecular weight is 222 g/mol. The standard InChI is InChI=1S/C15H14N2/c1-2-15(10-6-3-7-11-15)17-14-9-5-4-8-13(14)12-16-17/h2-10,12H,1,11H2. The highest BCUT2D eigenvalue weighted by Crippen LogP contribution is 2.30. The smallest absolute Gasteiger partial charge is 0.103 e. The molecule has 1 aromatic carbocycles. The molecule has 1 aliphatic carbocycles. The van der Waals surface area contributed by atoms with E-state index >= 15 is 0 Å². The first kappa shape index (κ1) is 10.1. The third kappa shape index (κ3) is 1.45. The van der Waals surface area contributed by atoms with Crippen molar-refractivity contribution in [2.75, 3.05) is 0 Å². The number of para-hydroxylation sites is 1. The average Bonchev–Trinajstić information content (AvgIpc) is 2.84. The number of allylic oxidation sites excluding steroid dienone is 5. The maximum Gasteiger partial charge on any atom is 0.103 e. The van der Waals surface area contributed by atoms with Crippen LogP contribution >= 0.6 is 0 Å². The Morgan fingerprint density at radius 2 is 2.18 bits per heavy atom. The van der Waals surface area contributed by atoms with Crippen LogP contribution in [0.2, 0.25) is 0 Å². The van der Waals surface area contributed by atoms with Gasteiger partial charge in [0.1, 0.15) is 5.54 Å². The van der Waals surface area contributed by atoms with E-state index in [2.05, 4.69) is 52.8 Å². The highest BCUT2D eigenvalue weighted by molar-refractivity contribution is 5.78. The Bertz CT molecular complexity index is 619. The Balaban J connectivity index is 2.23. The first-order chi connectivity index (χ1) is 8.36. The van der Waals surface area contributed by atoms with Crippen molar-refractivity contribution in [3.8, 4) is 0 Å². The second-order valence-electron chi connectivity index (χ2n) is 4.30. The van der Waals surface area contributed by atoms with Crippen LogP contribution in [0.1, 0.15) is 6.42 Å². The van der Waals surface area contributed by atoms with Crippen LogP contribution in [-0.2, 0) is 5.54 Å². The number of benzene rings is 1. The summed E-state index contributed by atoms with van der Waals surface area (Å²) in [7, 11) is 0. The van der Waals surface area contributed by atoms with Crippen molar-refractivity contribution in [1.29, 1.82) is 0 Å². The molecule has 1 heterocycles. The zero-order valence-electron chi connectivity index (χ0n) is 9.58. The van der Waals surface area contributed by atoms with Crippen molar-refractivity contribution >= 4 is 10.9 Å². The molecular formula is C15H14N2. The topological polar surface area (TPSA) is 17.8 Å². The third-order valence-electron chi connectivity index (χ3n) is 3.30. The zero-order valence-corrected chi connectivity index (χ0v) is 9.58. The Kier molecular flexibility index (Phi) is 2.22. The fourth-order valence-electron chi connectivity index (χ4n) is 2.32. The summed E-state index contributed by atoms with van der Waals surface area (Å²) in [5, 5.41) is 5.69. The highest BCUT2D eigenvalue weighted by Gasteiger charge is 2.27. The lowest BCUT2D eigenvalue weighted by molar-refractivity contribution is 0.434. The summed E-state index contributed by atoms with van der Waals surface area (Å²) < 4.78 is 2.05. The quantitative estimate of drug-likeness (QED) is 0.712. The molecule has 0 N–H and O–H groups in total. The van der Waals surface area contributed by atoms with Crippen LogP contribution in [0.5, 0.6) is 0 Å². The first-order valence-electron chi connectivity index (χ1n) is 5.77. The van der Waals surface area contributed by atoms with Gasteiger partial charge in [-0.2, -0.15) is 5.10 Å². The minimum atomic E-state index is -0.224. The van der Waals surface area contributed by atoms with Gasteiger partial charge in [0.15, 0.2) is 0 Å². The van der Waals surface area contributed by atoms with Gasteiger partial charge in [-0.3, -0.25) is 4.68 Å². The second kappa shape index (κ2) is 3.74. The molecule has 2 heteroatoms. The molecule has 1 unspecified atom stereocenters. The molecule has 0 aliphatic heterocycles. The fourth-order valence-corrected chi connectivity index (χ4v) is 2.32. The molecule has 0 fully saturated rings. The van der Waals surface area contributed by atoms with Crippen LogP contribution in [0, 0.1) is 0 Å². The Morgan fingerprint density at radius 1 is 1.29 bits per heavy atom. The maximum absolute atomic E-state index is 4.52. The summed E-state index contributed by atoms with van der Waals surface area (Å²) in [6.45, 7) is 3.97. The third-order valence-corrected chi connectivity index (χ3v) is 3.30. The minimum absolute atomic E-state index is 0.224. The normalized spacial score (nSPS) is 23.1. The van der Waals surface area contributed by atoms with E-state index in [0.29, 0.717) is 0 Å². The molecule has 17 heavy (non-hydrogen) atoms. The number of rotatable bonds is 2. The van der Waals surface area contributed by atoms with Crippen LogP contribution in [0.15, 0.2) is 67.4 Å². The SMILES string of the molecule is C=CC1(n2ncc3ccccc32)C=CC=CC1. The van der Waals surface area contributed by atoms with E-state index in [1.165, 1.54) is 0 Å². The van der Waals surface area contributed by atoms with E-state index in [0.717, 1.165) is 17.3 Å². The molecule has 3 rings (SSSR count). The minimum Gasteiger partial charge on any atom is -0.251 e. The molecule has 84 valence electrons. The Morgan fingerprint density at radius 3 is 2.94 bits per heavy atom. The fraction of sp³-hybridized carbons (Fsp3) is 0.133. The molecule has 0 radical (unpaired) electrons. The van der Waals surface area contributed by atoms with E-state index in [4.69, 9.17) is 0 Å². The molecule has 2 nitrogen and oxygen atoms in total. The molecule has 2 aromatic rings. The van der Waals surface area contributed by atoms with Crippen molar-refractivity contribution in [3.05, 3.63) is 67.4 Å². The van der Waals surface area contributed by atoms with Gasteiger partial charge in [0.2, 0.25) is 0 Å². The molecule has 1 aliphatic rings. The van der Waals surface area contributed by atoms with Gasteiger partial charge in [-0.15, -0.1) is 6.58 Å². The number of fused-ring (bicyclic) bond motifs is 1. The first-order valence-corrected chi connectivity index (χ1v) is 5.77. The molecule has 0 saturated carbocycles. The molecule has 0 amide bonds. The summed E-state index contributed by atoms with van der Waals surface area (Å²) in [5.74, 6) is 0. The second-order valence-corrected chi connectivity index (χ2v) is 4.30. The number of nitrogens with zero attached hydrogens (tertiary/aromatic N) is 2. The molecule has 0 bridgehead atoms. The van der Waals surface area contributed by atoms with E-state index in [9.17, 15) is 0 Å². The van der Waals surface area contributed by atoms with Gasteiger partial charge in [-0.25, -0.2) is 0 Å². The summed E-state index contributed by atoms with van der Waals surface area (Å²) in [6, 6.07) is 8.25. The van der Waals surface area contributed by atoms with E-state index in [1.54, 1.807) is 0 Å². The van der Waals surface area contributed by atoms with Crippen LogP contribution in [0.3, 0.4) is 0 Å². The van der Waals surface area contributed by atoms with Gasteiger partial charge in [0, 0.05) is 5.39 Å². The van der Waals surface area contributed by atoms with E-state index in [1.807, 2.05) is 24.4 Å². The van der Waals surface area contributed by atoms with Crippen molar-refractivity contribution in [2.24, 2.45) is 0 Å². The predicted octanol–water partition coefficient (Wildman–Crippen LogP) is 3.43. The molecule has 0 saturated heterocycles. The van der Waals surface area contributed by atoms with Gasteiger partial charge in [-0.05, 0) is 12.5 Å². The van der Waals surface area contributed by atoms with E-state index < -0.39 is 0 Å². The van der Waals surface area contributed by atoms with Crippen molar-refractivity contribution in [3.63, 3.8) is 0 Å². The van der Waals surface area contributed by atoms with Crippen LogP contribution in [0.4, 0.5) is 0 Å². The van der Waals surface area contributed by atoms with Gasteiger partial charge in [0.25, 0.3) is 0 Å². The van der Waals surface area contributed by atoms with Crippen LogP contribution in [-0.4, -0.2) is 9.78 Å². The number of hydrogen-bond acceptors (Lipinski definition) is 1. The van der Waals surface area contributed by atoms with Gasteiger partial charge in [0.05, 0.1) is 11.7 Å². The maximum atomic E-state index is 4.52. The summed E-state index contributed by atoms with van der Waals surface area (Å²) >= 11 is 0. The molecule has 0 spiro atoms. The van der Waals surface area contributed by atoms with Crippen molar-refractivity contribution < 1.29 is 0 Å². The van der Waals surface area contributed by atoms with E-state index in [-0.39, 0.29) is 5.54 Å². The number of aromatic nitrogens is 2. The summed E-state index contributed by atoms with van der Waals surface area (Å²) in [4.78, 5) is 0. The molecule has 1 aromatic heterocycles. The summed E-state index contributed by atoms with van der Waals surface area (Å²) in [6.07, 6.45) is 13.2. The van der Waals surface area contributed by atoms with Gasteiger partial charge in [-0.1, -0.05) is 48.6 Å². The van der Waals surface area contributed by atoms with Gasteiger partial charge < -0.3 is 0 Å². The monoisotopic (exact) mass is 222 g/mol. The summed E-state index contributed by atoms with van der Waals surface area (Å²) in [5.41, 5.74) is 0.921. The predicted molar refractivity (Wildman–Crippen MR) is 70.8 cm³/mol. The van der Waals surface area contributed by atoms with Crippen molar-refractivity contribution in [1.82, 2.24) is 9.78 Å². The van der Waals surface area contributed by atoms with Crippen LogP contribution in [0.25, 0.3) is 10.9 Å². The number of hydrogen-bond donors (Lipinski definition) is 0. The Hall–Kier alpha value is -2.09. The lowest BCUT2D eigenvalue weighted by Crippen LogP contribution is -2.30. The lowest BCUT2D eigenvalue weighted by Gasteiger charge is -2.29. The molecular weight excluding hydrogens is 208 g/mol. The highest BCUT2D eigenvalue weighted by atomic mass is 15.3. The molecule has 1 atom stereocenters.